The van der Waals surface area contributed by atoms with Crippen molar-refractivity contribution in [2.75, 3.05) is 6.54 Å². The molecule has 1 aliphatic rings. The van der Waals surface area contributed by atoms with E-state index in [4.69, 9.17) is 0 Å². The summed E-state index contributed by atoms with van der Waals surface area (Å²) in [5.41, 5.74) is 0.902. The van der Waals surface area contributed by atoms with Crippen LogP contribution < -0.4 is 5.32 Å². The number of nitrogens with zero attached hydrogens (tertiary/aromatic N) is 2. The van der Waals surface area contributed by atoms with Gasteiger partial charge in [-0.1, -0.05) is 12.8 Å². The van der Waals surface area contributed by atoms with Crippen molar-refractivity contribution in [3.63, 3.8) is 0 Å². The van der Waals surface area contributed by atoms with E-state index in [9.17, 15) is 13.2 Å². The number of halogens is 3. The molecule has 2 rings (SSSR count). The van der Waals surface area contributed by atoms with Crippen LogP contribution in [0, 0.1) is 0 Å². The van der Waals surface area contributed by atoms with Crippen molar-refractivity contribution in [2.24, 2.45) is 0 Å². The van der Waals surface area contributed by atoms with Crippen LogP contribution in [0.1, 0.15) is 50.3 Å². The molecule has 1 saturated carbocycles. The summed E-state index contributed by atoms with van der Waals surface area (Å²) in [5, 5.41) is 7.47. The molecule has 1 aromatic heterocycles. The van der Waals surface area contributed by atoms with Gasteiger partial charge in [0.2, 0.25) is 0 Å². The van der Waals surface area contributed by atoms with Crippen LogP contribution in [0.3, 0.4) is 0 Å². The second-order valence-corrected chi connectivity index (χ2v) is 5.12. The number of aromatic nitrogens is 2. The van der Waals surface area contributed by atoms with Crippen LogP contribution >= 0.6 is 0 Å². The van der Waals surface area contributed by atoms with E-state index < -0.39 is 12.6 Å². The summed E-state index contributed by atoms with van der Waals surface area (Å²) >= 11 is 0. The highest BCUT2D eigenvalue weighted by molar-refractivity contribution is 4.99. The van der Waals surface area contributed by atoms with Crippen molar-refractivity contribution in [2.45, 2.75) is 57.3 Å². The molecule has 0 amide bonds. The summed E-state index contributed by atoms with van der Waals surface area (Å²) in [4.78, 5) is 0. The van der Waals surface area contributed by atoms with Gasteiger partial charge in [0.15, 0.2) is 0 Å². The molecule has 0 atom stereocenters. The quantitative estimate of drug-likeness (QED) is 0.806. The predicted molar refractivity (Wildman–Crippen MR) is 66.7 cm³/mol. The Morgan fingerprint density at radius 1 is 1.32 bits per heavy atom. The molecule has 0 bridgehead atoms. The van der Waals surface area contributed by atoms with Crippen LogP contribution in [0.2, 0.25) is 0 Å². The molecule has 0 unspecified atom stereocenters. The van der Waals surface area contributed by atoms with E-state index in [2.05, 4.69) is 10.4 Å². The molecular formula is C13H20F3N3. The van der Waals surface area contributed by atoms with Gasteiger partial charge in [0, 0.05) is 19.2 Å². The van der Waals surface area contributed by atoms with E-state index in [1.807, 2.05) is 16.9 Å². The van der Waals surface area contributed by atoms with E-state index in [1.165, 1.54) is 25.7 Å². The fraction of sp³-hybridized carbons (Fsp3) is 0.769. The minimum Gasteiger partial charge on any atom is -0.311 e. The Balaban J connectivity index is 1.66. The first-order chi connectivity index (χ1) is 9.04. The Bertz CT molecular complexity index is 381. The van der Waals surface area contributed by atoms with Gasteiger partial charge in [-0.2, -0.15) is 18.3 Å². The van der Waals surface area contributed by atoms with Crippen LogP contribution in [-0.4, -0.2) is 22.5 Å². The van der Waals surface area contributed by atoms with E-state index in [0.29, 0.717) is 19.1 Å². The Morgan fingerprint density at radius 2 is 2.05 bits per heavy atom. The molecule has 108 valence electrons. The third-order valence-corrected chi connectivity index (χ3v) is 3.48. The van der Waals surface area contributed by atoms with Crippen molar-refractivity contribution in [3.8, 4) is 0 Å². The lowest BCUT2D eigenvalue weighted by Gasteiger charge is -2.09. The summed E-state index contributed by atoms with van der Waals surface area (Å²) in [6, 6.07) is 2.45. The van der Waals surface area contributed by atoms with Gasteiger partial charge in [-0.25, -0.2) is 0 Å². The summed E-state index contributed by atoms with van der Waals surface area (Å²) in [7, 11) is 0. The molecule has 19 heavy (non-hydrogen) atoms. The van der Waals surface area contributed by atoms with Crippen LogP contribution in [0.25, 0.3) is 0 Å². The zero-order valence-electron chi connectivity index (χ0n) is 10.9. The highest BCUT2D eigenvalue weighted by Gasteiger charge is 2.25. The number of rotatable bonds is 6. The number of nitrogens with one attached hydrogen (secondary N) is 1. The molecule has 0 saturated heterocycles. The van der Waals surface area contributed by atoms with Gasteiger partial charge < -0.3 is 5.32 Å². The smallest absolute Gasteiger partial charge is 0.311 e. The van der Waals surface area contributed by atoms with Crippen LogP contribution in [0.15, 0.2) is 12.3 Å². The molecule has 0 radical (unpaired) electrons. The maximum Gasteiger partial charge on any atom is 0.389 e. The summed E-state index contributed by atoms with van der Waals surface area (Å²) in [6.45, 7) is 0.910. The highest BCUT2D eigenvalue weighted by atomic mass is 19.4. The van der Waals surface area contributed by atoms with Gasteiger partial charge in [-0.05, 0) is 31.9 Å². The SMILES string of the molecule is FC(F)(F)CCCNCc1ccn(C2CCCC2)n1. The second kappa shape index (κ2) is 6.41. The summed E-state index contributed by atoms with van der Waals surface area (Å²) in [5.74, 6) is 0. The molecule has 1 aliphatic carbocycles. The fourth-order valence-electron chi connectivity index (χ4n) is 2.47. The van der Waals surface area contributed by atoms with Gasteiger partial charge in [-0.3, -0.25) is 4.68 Å². The second-order valence-electron chi connectivity index (χ2n) is 5.12. The Kier molecular flexibility index (Phi) is 4.85. The average molecular weight is 275 g/mol. The van der Waals surface area contributed by atoms with Gasteiger partial charge in [0.25, 0.3) is 0 Å². The van der Waals surface area contributed by atoms with Gasteiger partial charge in [0.05, 0.1) is 11.7 Å². The number of hydrogen-bond acceptors (Lipinski definition) is 2. The van der Waals surface area contributed by atoms with Crippen molar-refractivity contribution >= 4 is 0 Å². The molecule has 1 aromatic rings. The topological polar surface area (TPSA) is 29.9 Å². The molecule has 0 aromatic carbocycles. The minimum atomic E-state index is -4.05. The lowest BCUT2D eigenvalue weighted by atomic mass is 10.3. The largest absolute Gasteiger partial charge is 0.389 e. The first-order valence-corrected chi connectivity index (χ1v) is 6.86. The maximum absolute atomic E-state index is 11.9. The van der Waals surface area contributed by atoms with Crippen LogP contribution in [0.5, 0.6) is 0 Å². The number of alkyl halides is 3. The monoisotopic (exact) mass is 275 g/mol. The van der Waals surface area contributed by atoms with Crippen LogP contribution in [-0.2, 0) is 6.54 Å². The van der Waals surface area contributed by atoms with E-state index >= 15 is 0 Å². The van der Waals surface area contributed by atoms with E-state index in [1.54, 1.807) is 0 Å². The molecule has 1 fully saturated rings. The third kappa shape index (κ3) is 4.86. The third-order valence-electron chi connectivity index (χ3n) is 3.48. The summed E-state index contributed by atoms with van der Waals surface area (Å²) < 4.78 is 37.8. The first-order valence-electron chi connectivity index (χ1n) is 6.86. The molecule has 0 spiro atoms. The van der Waals surface area contributed by atoms with Crippen LogP contribution in [0.4, 0.5) is 13.2 Å². The van der Waals surface area contributed by atoms with Crippen molar-refractivity contribution in [1.82, 2.24) is 15.1 Å². The lowest BCUT2D eigenvalue weighted by Crippen LogP contribution is -2.18. The van der Waals surface area contributed by atoms with Crippen molar-refractivity contribution in [3.05, 3.63) is 18.0 Å². The van der Waals surface area contributed by atoms with Gasteiger partial charge >= 0.3 is 6.18 Å². The molecule has 1 N–H and O–H groups in total. The zero-order chi connectivity index (χ0) is 13.7. The highest BCUT2D eigenvalue weighted by Crippen LogP contribution is 2.28. The normalized spacial score (nSPS) is 17.2. The van der Waals surface area contributed by atoms with Gasteiger partial charge in [-0.15, -0.1) is 0 Å². The van der Waals surface area contributed by atoms with Crippen molar-refractivity contribution < 1.29 is 13.2 Å². The number of hydrogen-bond donors (Lipinski definition) is 1. The Labute approximate surface area is 111 Å². The Morgan fingerprint density at radius 3 is 2.74 bits per heavy atom. The molecule has 3 nitrogen and oxygen atoms in total. The van der Waals surface area contributed by atoms with E-state index in [0.717, 1.165) is 5.69 Å². The summed E-state index contributed by atoms with van der Waals surface area (Å²) in [6.07, 6.45) is 2.20. The van der Waals surface area contributed by atoms with E-state index in [-0.39, 0.29) is 6.42 Å². The minimum absolute atomic E-state index is 0.118. The standard InChI is InChI=1S/C13H20F3N3/c14-13(15,16)7-3-8-17-10-11-6-9-19(18-11)12-4-1-2-5-12/h6,9,12,17H,1-5,7-8,10H2. The first kappa shape index (κ1) is 14.4. The van der Waals surface area contributed by atoms with Crippen molar-refractivity contribution in [1.29, 1.82) is 0 Å². The fourth-order valence-corrected chi connectivity index (χ4v) is 2.47. The molecule has 1 heterocycles. The maximum atomic E-state index is 11.9. The Hall–Kier alpha value is -1.04. The zero-order valence-corrected chi connectivity index (χ0v) is 10.9. The lowest BCUT2D eigenvalue weighted by molar-refractivity contribution is -0.135. The predicted octanol–water partition coefficient (Wildman–Crippen LogP) is 3.43. The van der Waals surface area contributed by atoms with Gasteiger partial charge in [0.1, 0.15) is 0 Å². The molecule has 6 heteroatoms. The average Bonchev–Trinajstić information content (AvgIpc) is 2.97. The molecule has 0 aliphatic heterocycles. The molecular weight excluding hydrogens is 255 g/mol.